The Hall–Kier alpha value is -1.31. The maximum Gasteiger partial charge on any atom is 0.139 e. The van der Waals surface area contributed by atoms with Crippen molar-refractivity contribution >= 4 is 5.78 Å². The lowest BCUT2D eigenvalue weighted by Crippen LogP contribution is -2.44. The van der Waals surface area contributed by atoms with E-state index in [-0.39, 0.29) is 5.41 Å². The first-order valence-corrected chi connectivity index (χ1v) is 8.89. The van der Waals surface area contributed by atoms with E-state index in [1.54, 1.807) is 12.7 Å². The molecule has 0 bridgehead atoms. The number of rotatable bonds is 2. The Morgan fingerprint density at radius 1 is 1.23 bits per heavy atom. The predicted molar refractivity (Wildman–Crippen MR) is 87.2 cm³/mol. The van der Waals surface area contributed by atoms with Gasteiger partial charge in [-0.05, 0) is 79.5 Å². The monoisotopic (exact) mass is 298 g/mol. The second-order valence-corrected chi connectivity index (χ2v) is 7.49. The van der Waals surface area contributed by atoms with Gasteiger partial charge in [0.25, 0.3) is 0 Å². The molecule has 0 spiro atoms. The Labute approximate surface area is 133 Å². The number of carbonyl (C=O) groups excluding carboxylic acids is 1. The van der Waals surface area contributed by atoms with Crippen LogP contribution >= 0.6 is 0 Å². The minimum Gasteiger partial charge on any atom is -0.497 e. The molecule has 4 rings (SSSR count). The molecule has 118 valence electrons. The van der Waals surface area contributed by atoms with Crippen molar-refractivity contribution in [2.24, 2.45) is 17.3 Å². The molecule has 1 aromatic rings. The van der Waals surface area contributed by atoms with Crippen molar-refractivity contribution in [1.82, 2.24) is 0 Å². The second kappa shape index (κ2) is 5.11. The lowest BCUT2D eigenvalue weighted by molar-refractivity contribution is -0.131. The Bertz CT molecular complexity index is 606. The van der Waals surface area contributed by atoms with Gasteiger partial charge in [-0.3, -0.25) is 4.79 Å². The Morgan fingerprint density at radius 2 is 2.09 bits per heavy atom. The highest BCUT2D eigenvalue weighted by molar-refractivity contribution is 5.87. The number of carbonyl (C=O) groups is 1. The van der Waals surface area contributed by atoms with Crippen molar-refractivity contribution < 1.29 is 9.53 Å². The molecule has 0 amide bonds. The van der Waals surface area contributed by atoms with Gasteiger partial charge in [-0.2, -0.15) is 0 Å². The van der Waals surface area contributed by atoms with Crippen LogP contribution in [-0.4, -0.2) is 12.9 Å². The van der Waals surface area contributed by atoms with Crippen LogP contribution in [0, 0.1) is 17.3 Å². The third kappa shape index (κ3) is 1.82. The first kappa shape index (κ1) is 14.3. The number of ketones is 1. The topological polar surface area (TPSA) is 26.3 Å². The summed E-state index contributed by atoms with van der Waals surface area (Å²) in [6, 6.07) is 6.64. The SMILES string of the molecule is CC[C@]12CCC3c4ccc(OC)cc4CCC3C1CCC2=O. The van der Waals surface area contributed by atoms with Gasteiger partial charge in [0.05, 0.1) is 7.11 Å². The summed E-state index contributed by atoms with van der Waals surface area (Å²) in [5, 5.41) is 0. The standard InChI is InChI=1S/C20H26O2/c1-3-20-11-10-16-15-7-5-14(22-2)12-13(15)4-6-17(16)18(20)8-9-19(20)21/h5,7,12,16-18H,3-4,6,8-11H2,1-2H3/t16?,17?,18?,20-/m0/s1. The maximum atomic E-state index is 12.5. The van der Waals surface area contributed by atoms with E-state index in [9.17, 15) is 4.79 Å². The van der Waals surface area contributed by atoms with Gasteiger partial charge in [0.1, 0.15) is 11.5 Å². The Morgan fingerprint density at radius 3 is 2.86 bits per heavy atom. The largest absolute Gasteiger partial charge is 0.497 e. The smallest absolute Gasteiger partial charge is 0.139 e. The summed E-state index contributed by atoms with van der Waals surface area (Å²) in [5.74, 6) is 3.58. The van der Waals surface area contributed by atoms with Crippen molar-refractivity contribution in [2.75, 3.05) is 7.11 Å². The van der Waals surface area contributed by atoms with E-state index in [2.05, 4.69) is 25.1 Å². The van der Waals surface area contributed by atoms with Crippen molar-refractivity contribution in [3.05, 3.63) is 29.3 Å². The third-order valence-corrected chi connectivity index (χ3v) is 7.01. The average Bonchev–Trinajstić information content (AvgIpc) is 2.91. The molecule has 3 unspecified atom stereocenters. The number of aryl methyl sites for hydroxylation is 1. The van der Waals surface area contributed by atoms with Crippen molar-refractivity contribution in [1.29, 1.82) is 0 Å². The molecule has 0 heterocycles. The van der Waals surface area contributed by atoms with Gasteiger partial charge in [0, 0.05) is 11.8 Å². The lowest BCUT2D eigenvalue weighted by Gasteiger charge is -2.49. The molecule has 3 aliphatic carbocycles. The first-order chi connectivity index (χ1) is 10.7. The summed E-state index contributed by atoms with van der Waals surface area (Å²) < 4.78 is 5.39. The van der Waals surface area contributed by atoms with Crippen LogP contribution in [0.15, 0.2) is 18.2 Å². The van der Waals surface area contributed by atoms with Crippen LogP contribution in [-0.2, 0) is 11.2 Å². The Kier molecular flexibility index (Phi) is 3.32. The summed E-state index contributed by atoms with van der Waals surface area (Å²) in [7, 11) is 1.74. The van der Waals surface area contributed by atoms with E-state index < -0.39 is 0 Å². The van der Waals surface area contributed by atoms with Crippen LogP contribution in [0.5, 0.6) is 5.75 Å². The van der Waals surface area contributed by atoms with E-state index in [1.807, 2.05) is 0 Å². The molecule has 0 aliphatic heterocycles. The normalized spacial score (nSPS) is 36.5. The zero-order valence-corrected chi connectivity index (χ0v) is 13.7. The number of hydrogen-bond donors (Lipinski definition) is 0. The van der Waals surface area contributed by atoms with Crippen molar-refractivity contribution in [3.63, 3.8) is 0 Å². The molecular formula is C20H26O2. The summed E-state index contributed by atoms with van der Waals surface area (Å²) in [5.41, 5.74) is 3.06. The van der Waals surface area contributed by atoms with E-state index in [4.69, 9.17) is 4.74 Å². The van der Waals surface area contributed by atoms with E-state index in [0.29, 0.717) is 17.6 Å². The van der Waals surface area contributed by atoms with Gasteiger partial charge in [0.15, 0.2) is 0 Å². The van der Waals surface area contributed by atoms with E-state index in [0.717, 1.165) is 43.8 Å². The Balaban J connectivity index is 1.70. The fourth-order valence-corrected chi connectivity index (χ4v) is 5.91. The summed E-state index contributed by atoms with van der Waals surface area (Å²) in [6.07, 6.45) is 7.73. The number of hydrogen-bond acceptors (Lipinski definition) is 2. The molecule has 4 atom stereocenters. The fourth-order valence-electron chi connectivity index (χ4n) is 5.91. The summed E-state index contributed by atoms with van der Waals surface area (Å²) >= 11 is 0. The first-order valence-electron chi connectivity index (χ1n) is 8.89. The fraction of sp³-hybridized carbons (Fsp3) is 0.650. The van der Waals surface area contributed by atoms with Gasteiger partial charge in [0.2, 0.25) is 0 Å². The molecule has 0 saturated heterocycles. The quantitative estimate of drug-likeness (QED) is 0.803. The molecule has 0 radical (unpaired) electrons. The minimum absolute atomic E-state index is 0.0329. The average molecular weight is 298 g/mol. The van der Waals surface area contributed by atoms with E-state index >= 15 is 0 Å². The summed E-state index contributed by atoms with van der Waals surface area (Å²) in [6.45, 7) is 2.23. The van der Waals surface area contributed by atoms with Crippen LogP contribution in [0.3, 0.4) is 0 Å². The zero-order chi connectivity index (χ0) is 15.3. The zero-order valence-electron chi connectivity index (χ0n) is 13.7. The van der Waals surface area contributed by atoms with Gasteiger partial charge >= 0.3 is 0 Å². The second-order valence-electron chi connectivity index (χ2n) is 7.49. The van der Waals surface area contributed by atoms with Crippen LogP contribution in [0.1, 0.15) is 62.5 Å². The molecule has 3 aliphatic rings. The van der Waals surface area contributed by atoms with Gasteiger partial charge in [-0.15, -0.1) is 0 Å². The van der Waals surface area contributed by atoms with Crippen molar-refractivity contribution in [2.45, 2.75) is 57.8 Å². The summed E-state index contributed by atoms with van der Waals surface area (Å²) in [4.78, 5) is 12.5. The molecule has 1 aromatic carbocycles. The van der Waals surface area contributed by atoms with Crippen LogP contribution in [0.25, 0.3) is 0 Å². The lowest BCUT2D eigenvalue weighted by atomic mass is 9.54. The third-order valence-electron chi connectivity index (χ3n) is 7.01. The molecule has 2 heteroatoms. The van der Waals surface area contributed by atoms with Crippen LogP contribution < -0.4 is 4.74 Å². The molecule has 0 aromatic heterocycles. The van der Waals surface area contributed by atoms with Gasteiger partial charge in [-0.1, -0.05) is 13.0 Å². The number of Topliss-reactive ketones (excluding diaryl/α,β-unsaturated/α-hetero) is 1. The van der Waals surface area contributed by atoms with Crippen LogP contribution in [0.2, 0.25) is 0 Å². The molecule has 0 N–H and O–H groups in total. The maximum absolute atomic E-state index is 12.5. The molecule has 2 fully saturated rings. The predicted octanol–water partition coefficient (Wildman–Crippen LogP) is 4.51. The number of fused-ring (bicyclic) bond motifs is 5. The molecular weight excluding hydrogens is 272 g/mol. The van der Waals surface area contributed by atoms with Crippen molar-refractivity contribution in [3.8, 4) is 5.75 Å². The van der Waals surface area contributed by atoms with Crippen LogP contribution in [0.4, 0.5) is 0 Å². The molecule has 2 nitrogen and oxygen atoms in total. The highest BCUT2D eigenvalue weighted by atomic mass is 16.5. The minimum atomic E-state index is 0.0329. The number of methoxy groups -OCH3 is 1. The van der Waals surface area contributed by atoms with E-state index in [1.165, 1.54) is 18.4 Å². The highest BCUT2D eigenvalue weighted by Crippen LogP contribution is 2.61. The van der Waals surface area contributed by atoms with Gasteiger partial charge < -0.3 is 4.74 Å². The van der Waals surface area contributed by atoms with Gasteiger partial charge in [-0.25, -0.2) is 0 Å². The highest BCUT2D eigenvalue weighted by Gasteiger charge is 2.56. The molecule has 2 saturated carbocycles. The number of benzene rings is 1. The number of ether oxygens (including phenoxy) is 1. The molecule has 22 heavy (non-hydrogen) atoms.